The molecule has 2 heterocycles. The van der Waals surface area contributed by atoms with E-state index >= 15 is 0 Å². The van der Waals surface area contributed by atoms with Crippen molar-refractivity contribution < 1.29 is 4.52 Å². The van der Waals surface area contributed by atoms with Crippen molar-refractivity contribution in [2.24, 2.45) is 0 Å². The molecule has 0 N–H and O–H groups in total. The molecule has 1 aromatic rings. The number of aryl methyl sites for hydroxylation is 1. The lowest BCUT2D eigenvalue weighted by atomic mass is 10.2. The summed E-state index contributed by atoms with van der Waals surface area (Å²) in [6.07, 6.45) is 4.70. The van der Waals surface area contributed by atoms with E-state index in [0.29, 0.717) is 24.0 Å². The minimum atomic E-state index is 0.401. The number of nitriles is 1. The molecule has 0 amide bonds. The highest BCUT2D eigenvalue weighted by molar-refractivity contribution is 7.99. The van der Waals surface area contributed by atoms with E-state index in [4.69, 9.17) is 9.78 Å². The normalized spacial score (nSPS) is 21.1. The fourth-order valence-electron chi connectivity index (χ4n) is 1.61. The van der Waals surface area contributed by atoms with Crippen molar-refractivity contribution in [1.29, 1.82) is 5.26 Å². The van der Waals surface area contributed by atoms with Gasteiger partial charge in [-0.05, 0) is 18.6 Å². The van der Waals surface area contributed by atoms with Crippen LogP contribution in [0.2, 0.25) is 0 Å². The van der Waals surface area contributed by atoms with Crippen molar-refractivity contribution in [3.63, 3.8) is 0 Å². The summed E-state index contributed by atoms with van der Waals surface area (Å²) in [6.45, 7) is 0. The van der Waals surface area contributed by atoms with E-state index in [1.807, 2.05) is 11.8 Å². The molecule has 1 saturated heterocycles. The van der Waals surface area contributed by atoms with E-state index in [9.17, 15) is 0 Å². The average Bonchev–Trinajstić information content (AvgIpc) is 2.76. The SMILES string of the molecule is N#CCCc1nc(C2CCCCS2)no1. The first-order valence-electron chi connectivity index (χ1n) is 5.21. The van der Waals surface area contributed by atoms with Crippen molar-refractivity contribution >= 4 is 11.8 Å². The Bertz CT molecular complexity index is 352. The van der Waals surface area contributed by atoms with Gasteiger partial charge in [-0.2, -0.15) is 22.0 Å². The first-order valence-corrected chi connectivity index (χ1v) is 6.26. The maximum atomic E-state index is 8.44. The molecule has 4 nitrogen and oxygen atoms in total. The van der Waals surface area contributed by atoms with E-state index in [2.05, 4.69) is 16.2 Å². The standard InChI is InChI=1S/C10H13N3OS/c11-6-3-5-9-12-10(13-14-9)8-4-1-2-7-15-8/h8H,1-5,7H2. The van der Waals surface area contributed by atoms with E-state index < -0.39 is 0 Å². The highest BCUT2D eigenvalue weighted by Crippen LogP contribution is 2.36. The molecule has 1 aliphatic heterocycles. The van der Waals surface area contributed by atoms with E-state index in [0.717, 1.165) is 12.2 Å². The van der Waals surface area contributed by atoms with Crippen molar-refractivity contribution in [2.45, 2.75) is 37.4 Å². The molecule has 80 valence electrons. The number of hydrogen-bond donors (Lipinski definition) is 0. The van der Waals surface area contributed by atoms with Crippen LogP contribution in [-0.4, -0.2) is 15.9 Å². The van der Waals surface area contributed by atoms with Gasteiger partial charge in [-0.3, -0.25) is 0 Å². The quantitative estimate of drug-likeness (QED) is 0.787. The molecule has 1 fully saturated rings. The number of hydrogen-bond acceptors (Lipinski definition) is 5. The third kappa shape index (κ3) is 2.72. The third-order valence-corrected chi connectivity index (χ3v) is 3.78. The maximum absolute atomic E-state index is 8.44. The molecular formula is C10H13N3OS. The van der Waals surface area contributed by atoms with Crippen molar-refractivity contribution in [2.75, 3.05) is 5.75 Å². The molecule has 1 aromatic heterocycles. The maximum Gasteiger partial charge on any atom is 0.227 e. The third-order valence-electron chi connectivity index (χ3n) is 2.40. The number of nitrogens with zero attached hydrogens (tertiary/aromatic N) is 3. The van der Waals surface area contributed by atoms with Gasteiger partial charge < -0.3 is 4.52 Å². The Hall–Kier alpha value is -1.02. The second kappa shape index (κ2) is 5.17. The zero-order valence-corrected chi connectivity index (χ0v) is 9.29. The van der Waals surface area contributed by atoms with Crippen LogP contribution in [0, 0.1) is 11.3 Å². The van der Waals surface area contributed by atoms with E-state index in [1.165, 1.54) is 18.6 Å². The predicted molar refractivity (Wildman–Crippen MR) is 57.3 cm³/mol. The fourth-order valence-corrected chi connectivity index (χ4v) is 2.84. The minimum Gasteiger partial charge on any atom is -0.339 e. The van der Waals surface area contributed by atoms with Crippen LogP contribution in [-0.2, 0) is 6.42 Å². The summed E-state index contributed by atoms with van der Waals surface area (Å²) in [5.74, 6) is 2.59. The van der Waals surface area contributed by atoms with Gasteiger partial charge in [0, 0.05) is 12.8 Å². The molecule has 5 heteroatoms. The van der Waals surface area contributed by atoms with Crippen LogP contribution in [0.4, 0.5) is 0 Å². The monoisotopic (exact) mass is 223 g/mol. The Morgan fingerprint density at radius 3 is 3.20 bits per heavy atom. The molecule has 1 unspecified atom stereocenters. The Morgan fingerprint density at radius 2 is 2.47 bits per heavy atom. The minimum absolute atomic E-state index is 0.401. The average molecular weight is 223 g/mol. The summed E-state index contributed by atoms with van der Waals surface area (Å²) in [5.41, 5.74) is 0. The molecule has 0 bridgehead atoms. The number of aromatic nitrogens is 2. The van der Waals surface area contributed by atoms with Crippen LogP contribution in [0.3, 0.4) is 0 Å². The molecule has 0 saturated carbocycles. The molecule has 2 rings (SSSR count). The summed E-state index contributed by atoms with van der Waals surface area (Å²) in [6, 6.07) is 2.07. The van der Waals surface area contributed by atoms with Crippen LogP contribution in [0.5, 0.6) is 0 Å². The van der Waals surface area contributed by atoms with Crippen LogP contribution in [0.1, 0.15) is 42.6 Å². The second-order valence-corrected chi connectivity index (χ2v) is 4.87. The van der Waals surface area contributed by atoms with Crippen LogP contribution in [0.15, 0.2) is 4.52 Å². The Labute approximate surface area is 93.0 Å². The molecule has 0 spiro atoms. The zero-order valence-electron chi connectivity index (χ0n) is 8.48. The van der Waals surface area contributed by atoms with Gasteiger partial charge in [-0.25, -0.2) is 0 Å². The Balaban J connectivity index is 1.96. The topological polar surface area (TPSA) is 62.7 Å². The van der Waals surface area contributed by atoms with Gasteiger partial charge in [0.25, 0.3) is 0 Å². The molecular weight excluding hydrogens is 210 g/mol. The smallest absolute Gasteiger partial charge is 0.227 e. The summed E-state index contributed by atoms with van der Waals surface area (Å²) in [5, 5.41) is 12.8. The van der Waals surface area contributed by atoms with Gasteiger partial charge in [0.1, 0.15) is 0 Å². The van der Waals surface area contributed by atoms with E-state index in [-0.39, 0.29) is 0 Å². The number of thioether (sulfide) groups is 1. The Morgan fingerprint density at radius 1 is 1.53 bits per heavy atom. The molecule has 1 atom stereocenters. The Kier molecular flexibility index (Phi) is 3.62. The summed E-state index contributed by atoms with van der Waals surface area (Å²) < 4.78 is 5.09. The van der Waals surface area contributed by atoms with Gasteiger partial charge in [0.05, 0.1) is 11.3 Å². The van der Waals surface area contributed by atoms with Gasteiger partial charge >= 0.3 is 0 Å². The lowest BCUT2D eigenvalue weighted by Gasteiger charge is -2.17. The van der Waals surface area contributed by atoms with Gasteiger partial charge in [-0.1, -0.05) is 11.6 Å². The van der Waals surface area contributed by atoms with Crippen molar-refractivity contribution in [3.8, 4) is 6.07 Å². The van der Waals surface area contributed by atoms with Crippen LogP contribution in [0.25, 0.3) is 0 Å². The van der Waals surface area contributed by atoms with Gasteiger partial charge in [0.15, 0.2) is 5.82 Å². The summed E-state index contributed by atoms with van der Waals surface area (Å²) >= 11 is 1.90. The zero-order chi connectivity index (χ0) is 10.5. The fraction of sp³-hybridized carbons (Fsp3) is 0.700. The van der Waals surface area contributed by atoms with E-state index in [1.54, 1.807) is 0 Å². The van der Waals surface area contributed by atoms with Crippen molar-refractivity contribution in [3.05, 3.63) is 11.7 Å². The molecule has 0 radical (unpaired) electrons. The van der Waals surface area contributed by atoms with Crippen LogP contribution < -0.4 is 0 Å². The highest BCUT2D eigenvalue weighted by atomic mass is 32.2. The van der Waals surface area contributed by atoms with Crippen LogP contribution >= 0.6 is 11.8 Å². The summed E-state index contributed by atoms with van der Waals surface area (Å²) in [7, 11) is 0. The summed E-state index contributed by atoms with van der Waals surface area (Å²) in [4.78, 5) is 4.32. The molecule has 1 aliphatic rings. The lowest BCUT2D eigenvalue weighted by molar-refractivity contribution is 0.373. The largest absolute Gasteiger partial charge is 0.339 e. The van der Waals surface area contributed by atoms with Crippen molar-refractivity contribution in [1.82, 2.24) is 10.1 Å². The predicted octanol–water partition coefficient (Wildman–Crippen LogP) is 2.48. The lowest BCUT2D eigenvalue weighted by Crippen LogP contribution is -2.03. The number of rotatable bonds is 3. The first-order chi connectivity index (χ1) is 7.40. The van der Waals surface area contributed by atoms with Gasteiger partial charge in [0.2, 0.25) is 5.89 Å². The molecule has 15 heavy (non-hydrogen) atoms. The molecule has 0 aliphatic carbocycles. The van der Waals surface area contributed by atoms with Gasteiger partial charge in [-0.15, -0.1) is 0 Å². The second-order valence-electron chi connectivity index (χ2n) is 3.56. The first kappa shape index (κ1) is 10.5. The molecule has 0 aromatic carbocycles. The highest BCUT2D eigenvalue weighted by Gasteiger charge is 2.21.